The molecule has 0 aliphatic heterocycles. The zero-order chi connectivity index (χ0) is 13.1. The fraction of sp³-hybridized carbons (Fsp3) is 0.571. The third kappa shape index (κ3) is 3.06. The minimum Gasteiger partial charge on any atom is -0.323 e. The first-order valence-corrected chi connectivity index (χ1v) is 6.48. The fourth-order valence-corrected chi connectivity index (χ4v) is 2.70. The van der Waals surface area contributed by atoms with Gasteiger partial charge in [-0.15, -0.1) is 0 Å². The molecule has 1 aromatic rings. The average Bonchev–Trinajstić information content (AvgIpc) is 2.81. The van der Waals surface area contributed by atoms with E-state index in [-0.39, 0.29) is 0 Å². The Labute approximate surface area is 107 Å². The van der Waals surface area contributed by atoms with Crippen LogP contribution in [0.15, 0.2) is 18.2 Å². The van der Waals surface area contributed by atoms with Crippen LogP contribution in [0.3, 0.4) is 0 Å². The third-order valence-electron chi connectivity index (χ3n) is 3.79. The Bertz CT molecular complexity index is 403. The molecule has 1 atom stereocenters. The van der Waals surface area contributed by atoms with Gasteiger partial charge in [0, 0.05) is 30.3 Å². The average molecular weight is 254 g/mol. The number of hydrogen-bond donors (Lipinski definition) is 1. The Kier molecular flexibility index (Phi) is 4.30. The molecule has 1 unspecified atom stereocenters. The maximum Gasteiger partial charge on any atom is 0.130 e. The van der Waals surface area contributed by atoms with E-state index in [1.807, 2.05) is 7.05 Å². The summed E-state index contributed by atoms with van der Waals surface area (Å²) in [5.74, 6) is -1.12. The number of halogens is 2. The molecule has 18 heavy (non-hydrogen) atoms. The van der Waals surface area contributed by atoms with Gasteiger partial charge in [-0.3, -0.25) is 0 Å². The molecule has 0 bridgehead atoms. The summed E-state index contributed by atoms with van der Waals surface area (Å²) in [5.41, 5.74) is 6.40. The lowest BCUT2D eigenvalue weighted by molar-refractivity contribution is 0.230. The van der Waals surface area contributed by atoms with E-state index < -0.39 is 17.7 Å². The Morgan fingerprint density at radius 2 is 2.00 bits per heavy atom. The van der Waals surface area contributed by atoms with Gasteiger partial charge in [0.1, 0.15) is 11.6 Å². The van der Waals surface area contributed by atoms with E-state index in [1.54, 1.807) is 0 Å². The molecule has 2 nitrogen and oxygen atoms in total. The predicted octanol–water partition coefficient (Wildman–Crippen LogP) is 2.84. The molecular formula is C14H20F2N2. The van der Waals surface area contributed by atoms with E-state index in [2.05, 4.69) is 4.90 Å². The first kappa shape index (κ1) is 13.4. The molecule has 0 saturated heterocycles. The second-order valence-corrected chi connectivity index (χ2v) is 5.15. The third-order valence-corrected chi connectivity index (χ3v) is 3.79. The SMILES string of the molecule is CN(CC(N)c1ccc(F)cc1F)C1CCCC1. The van der Waals surface area contributed by atoms with Gasteiger partial charge < -0.3 is 10.6 Å². The molecule has 1 saturated carbocycles. The van der Waals surface area contributed by atoms with E-state index in [9.17, 15) is 8.78 Å². The smallest absolute Gasteiger partial charge is 0.130 e. The van der Waals surface area contributed by atoms with Crippen LogP contribution < -0.4 is 5.73 Å². The molecule has 4 heteroatoms. The van der Waals surface area contributed by atoms with Gasteiger partial charge in [-0.2, -0.15) is 0 Å². The van der Waals surface area contributed by atoms with Crippen LogP contribution in [-0.4, -0.2) is 24.5 Å². The number of hydrogen-bond acceptors (Lipinski definition) is 2. The van der Waals surface area contributed by atoms with E-state index in [0.29, 0.717) is 18.2 Å². The number of benzene rings is 1. The van der Waals surface area contributed by atoms with Crippen molar-refractivity contribution >= 4 is 0 Å². The van der Waals surface area contributed by atoms with Crippen molar-refractivity contribution in [3.05, 3.63) is 35.4 Å². The van der Waals surface area contributed by atoms with Crippen molar-refractivity contribution in [3.63, 3.8) is 0 Å². The van der Waals surface area contributed by atoms with Gasteiger partial charge in [-0.05, 0) is 26.0 Å². The van der Waals surface area contributed by atoms with Gasteiger partial charge in [0.2, 0.25) is 0 Å². The lowest BCUT2D eigenvalue weighted by Gasteiger charge is -2.27. The summed E-state index contributed by atoms with van der Waals surface area (Å²) in [6.07, 6.45) is 4.90. The minimum atomic E-state index is -0.562. The highest BCUT2D eigenvalue weighted by Gasteiger charge is 2.22. The maximum absolute atomic E-state index is 13.6. The first-order valence-electron chi connectivity index (χ1n) is 6.48. The summed E-state index contributed by atoms with van der Waals surface area (Å²) in [5, 5.41) is 0. The van der Waals surface area contributed by atoms with Gasteiger partial charge in [-0.25, -0.2) is 8.78 Å². The van der Waals surface area contributed by atoms with Crippen LogP contribution in [0.2, 0.25) is 0 Å². The minimum absolute atomic E-state index is 0.390. The largest absolute Gasteiger partial charge is 0.323 e. The lowest BCUT2D eigenvalue weighted by atomic mass is 10.1. The molecule has 2 rings (SSSR count). The number of likely N-dealkylation sites (N-methyl/N-ethyl adjacent to an activating group) is 1. The van der Waals surface area contributed by atoms with Crippen LogP contribution in [0, 0.1) is 11.6 Å². The van der Waals surface area contributed by atoms with Gasteiger partial charge in [0.15, 0.2) is 0 Å². The highest BCUT2D eigenvalue weighted by molar-refractivity contribution is 5.22. The molecular weight excluding hydrogens is 234 g/mol. The molecule has 0 amide bonds. The summed E-state index contributed by atoms with van der Waals surface area (Å²) in [7, 11) is 2.03. The Balaban J connectivity index is 2.00. The van der Waals surface area contributed by atoms with Gasteiger partial charge in [0.05, 0.1) is 0 Å². The van der Waals surface area contributed by atoms with Crippen LogP contribution in [-0.2, 0) is 0 Å². The molecule has 0 aromatic heterocycles. The normalized spacial score (nSPS) is 18.5. The molecule has 2 N–H and O–H groups in total. The molecule has 0 radical (unpaired) electrons. The van der Waals surface area contributed by atoms with Crippen LogP contribution >= 0.6 is 0 Å². The molecule has 1 aromatic carbocycles. The van der Waals surface area contributed by atoms with Crippen molar-refractivity contribution in [1.29, 1.82) is 0 Å². The first-order chi connectivity index (χ1) is 8.58. The highest BCUT2D eigenvalue weighted by Crippen LogP contribution is 2.24. The number of rotatable bonds is 4. The summed E-state index contributed by atoms with van der Waals surface area (Å²) in [6, 6.07) is 3.74. The summed E-state index contributed by atoms with van der Waals surface area (Å²) in [4.78, 5) is 2.19. The van der Waals surface area contributed by atoms with E-state index >= 15 is 0 Å². The molecule has 1 aliphatic carbocycles. The Morgan fingerprint density at radius 1 is 1.33 bits per heavy atom. The molecule has 1 aliphatic rings. The second-order valence-electron chi connectivity index (χ2n) is 5.15. The van der Waals surface area contributed by atoms with Crippen molar-refractivity contribution in [1.82, 2.24) is 4.90 Å². The van der Waals surface area contributed by atoms with E-state index in [0.717, 1.165) is 6.07 Å². The van der Waals surface area contributed by atoms with E-state index in [1.165, 1.54) is 37.8 Å². The van der Waals surface area contributed by atoms with Crippen molar-refractivity contribution < 1.29 is 8.78 Å². The van der Waals surface area contributed by atoms with Crippen LogP contribution in [0.1, 0.15) is 37.3 Å². The van der Waals surface area contributed by atoms with Crippen molar-refractivity contribution in [2.45, 2.75) is 37.8 Å². The molecule has 0 heterocycles. The van der Waals surface area contributed by atoms with Crippen LogP contribution in [0.25, 0.3) is 0 Å². The summed E-state index contributed by atoms with van der Waals surface area (Å²) in [6.45, 7) is 0.604. The zero-order valence-electron chi connectivity index (χ0n) is 10.7. The highest BCUT2D eigenvalue weighted by atomic mass is 19.1. The summed E-state index contributed by atoms with van der Waals surface area (Å²) < 4.78 is 26.4. The van der Waals surface area contributed by atoms with Crippen LogP contribution in [0.5, 0.6) is 0 Å². The maximum atomic E-state index is 13.6. The Hall–Kier alpha value is -1.00. The van der Waals surface area contributed by atoms with Crippen LogP contribution in [0.4, 0.5) is 8.78 Å². The predicted molar refractivity (Wildman–Crippen MR) is 68.2 cm³/mol. The van der Waals surface area contributed by atoms with Crippen molar-refractivity contribution in [2.24, 2.45) is 5.73 Å². The van der Waals surface area contributed by atoms with E-state index in [4.69, 9.17) is 5.73 Å². The zero-order valence-corrected chi connectivity index (χ0v) is 10.7. The second kappa shape index (κ2) is 5.76. The van der Waals surface area contributed by atoms with Gasteiger partial charge in [-0.1, -0.05) is 18.9 Å². The fourth-order valence-electron chi connectivity index (χ4n) is 2.70. The Morgan fingerprint density at radius 3 is 2.61 bits per heavy atom. The van der Waals surface area contributed by atoms with Crippen molar-refractivity contribution in [3.8, 4) is 0 Å². The topological polar surface area (TPSA) is 29.3 Å². The molecule has 100 valence electrons. The molecule has 1 fully saturated rings. The lowest BCUT2D eigenvalue weighted by Crippen LogP contribution is -2.36. The van der Waals surface area contributed by atoms with Crippen molar-refractivity contribution in [2.75, 3.05) is 13.6 Å². The quantitative estimate of drug-likeness (QED) is 0.895. The molecule has 0 spiro atoms. The monoisotopic (exact) mass is 254 g/mol. The number of nitrogens with two attached hydrogens (primary N) is 1. The summed E-state index contributed by atoms with van der Waals surface area (Å²) >= 11 is 0. The van der Waals surface area contributed by atoms with Gasteiger partial charge in [0.25, 0.3) is 0 Å². The van der Waals surface area contributed by atoms with Gasteiger partial charge >= 0.3 is 0 Å². The number of nitrogens with zero attached hydrogens (tertiary/aromatic N) is 1. The standard InChI is InChI=1S/C14H20F2N2/c1-18(11-4-2-3-5-11)9-14(17)12-7-6-10(15)8-13(12)16/h6-8,11,14H,2-5,9,17H2,1H3.